The van der Waals surface area contributed by atoms with E-state index in [0.29, 0.717) is 27.8 Å². The topological polar surface area (TPSA) is 111 Å². The van der Waals surface area contributed by atoms with Crippen molar-refractivity contribution in [2.75, 3.05) is 5.32 Å². The van der Waals surface area contributed by atoms with Gasteiger partial charge in [-0.05, 0) is 44.2 Å². The van der Waals surface area contributed by atoms with Crippen LogP contribution in [-0.4, -0.2) is 26.8 Å². The van der Waals surface area contributed by atoms with Gasteiger partial charge in [0.2, 0.25) is 5.95 Å². The van der Waals surface area contributed by atoms with E-state index in [0.717, 1.165) is 0 Å². The minimum absolute atomic E-state index is 0.244. The van der Waals surface area contributed by atoms with Gasteiger partial charge in [-0.3, -0.25) is 4.79 Å². The molecule has 3 aromatic rings. The van der Waals surface area contributed by atoms with Gasteiger partial charge in [0, 0.05) is 5.56 Å². The fourth-order valence-electron chi connectivity index (χ4n) is 3.34. The lowest BCUT2D eigenvalue weighted by Gasteiger charge is -2.42. The van der Waals surface area contributed by atoms with Crippen molar-refractivity contribution in [3.05, 3.63) is 63.9 Å². The number of aromatic nitrogens is 2. The number of nitriles is 1. The van der Waals surface area contributed by atoms with Gasteiger partial charge in [-0.25, -0.2) is 0 Å². The lowest BCUT2D eigenvalue weighted by molar-refractivity contribution is -0.0533. The summed E-state index contributed by atoms with van der Waals surface area (Å²) in [6, 6.07) is 13.6. The van der Waals surface area contributed by atoms with Crippen molar-refractivity contribution in [3.8, 4) is 11.8 Å². The Hall–Kier alpha value is -3.37. The molecule has 1 aliphatic rings. The summed E-state index contributed by atoms with van der Waals surface area (Å²) in [4.78, 5) is 19.4. The van der Waals surface area contributed by atoms with Crippen molar-refractivity contribution in [1.82, 2.24) is 9.97 Å². The predicted molar refractivity (Wildman–Crippen MR) is 101 cm³/mol. The van der Waals surface area contributed by atoms with Gasteiger partial charge in [0.1, 0.15) is 17.5 Å². The van der Waals surface area contributed by atoms with E-state index in [1.807, 2.05) is 6.07 Å². The first kappa shape index (κ1) is 17.1. The zero-order valence-electron chi connectivity index (χ0n) is 14.9. The molecule has 1 aliphatic heterocycles. The van der Waals surface area contributed by atoms with E-state index in [4.69, 9.17) is 4.74 Å². The van der Waals surface area contributed by atoms with Gasteiger partial charge in [0.25, 0.3) is 5.56 Å². The second-order valence-corrected chi connectivity index (χ2v) is 7.07. The van der Waals surface area contributed by atoms with E-state index in [9.17, 15) is 15.2 Å². The number of para-hydroxylation sites is 1. The minimum Gasteiger partial charge on any atom is -0.485 e. The maximum absolute atomic E-state index is 12.3. The lowest BCUT2D eigenvalue weighted by Crippen LogP contribution is -2.51. The lowest BCUT2D eigenvalue weighted by atomic mass is 9.86. The quantitative estimate of drug-likeness (QED) is 0.646. The molecule has 0 spiro atoms. The molecule has 4 rings (SSSR count). The molecule has 0 radical (unpaired) electrons. The van der Waals surface area contributed by atoms with Crippen LogP contribution in [0.1, 0.15) is 31.0 Å². The Bertz CT molecular complexity index is 1130. The maximum Gasteiger partial charge on any atom is 0.282 e. The first-order chi connectivity index (χ1) is 12.9. The summed E-state index contributed by atoms with van der Waals surface area (Å²) >= 11 is 0. The van der Waals surface area contributed by atoms with Crippen molar-refractivity contribution in [1.29, 1.82) is 5.26 Å². The number of hydrogen-bond donors (Lipinski definition) is 3. The van der Waals surface area contributed by atoms with Crippen LogP contribution in [0.2, 0.25) is 0 Å². The van der Waals surface area contributed by atoms with Gasteiger partial charge in [-0.2, -0.15) is 10.2 Å². The highest BCUT2D eigenvalue weighted by molar-refractivity contribution is 5.78. The Morgan fingerprint density at radius 2 is 2.07 bits per heavy atom. The van der Waals surface area contributed by atoms with E-state index >= 15 is 0 Å². The number of aromatic amines is 1. The molecule has 0 fully saturated rings. The third-order valence-corrected chi connectivity index (χ3v) is 4.79. The van der Waals surface area contributed by atoms with Crippen LogP contribution in [0.15, 0.2) is 47.3 Å². The molecule has 136 valence electrons. The average Bonchev–Trinajstić information content (AvgIpc) is 2.65. The minimum atomic E-state index is -0.935. The van der Waals surface area contributed by atoms with E-state index < -0.39 is 17.7 Å². The molecule has 0 bridgehead atoms. The van der Waals surface area contributed by atoms with Gasteiger partial charge in [0.05, 0.1) is 28.6 Å². The van der Waals surface area contributed by atoms with Gasteiger partial charge in [-0.15, -0.1) is 0 Å². The molecule has 2 heterocycles. The second kappa shape index (κ2) is 6.11. The maximum atomic E-state index is 12.3. The molecule has 2 aromatic carbocycles. The summed E-state index contributed by atoms with van der Waals surface area (Å²) in [5, 5.41) is 23.7. The van der Waals surface area contributed by atoms with Crippen LogP contribution in [0.4, 0.5) is 5.95 Å². The number of rotatable bonds is 2. The molecule has 0 aliphatic carbocycles. The molecule has 1 aromatic heterocycles. The summed E-state index contributed by atoms with van der Waals surface area (Å²) in [5.74, 6) is 0.818. The number of benzene rings is 2. The molecule has 27 heavy (non-hydrogen) atoms. The van der Waals surface area contributed by atoms with Crippen LogP contribution in [0.25, 0.3) is 10.9 Å². The standard InChI is InChI=1S/C20H18N4O3/c1-20(2)17(25)16(13-9-11(10-21)7-8-15(13)27-20)23-19-22-14-6-4-3-5-12(14)18(26)24-19/h3-9,16-17,25H,1-2H3,(H2,22,23,24,26). The van der Waals surface area contributed by atoms with Crippen LogP contribution in [0, 0.1) is 11.3 Å². The molecule has 7 heteroatoms. The van der Waals surface area contributed by atoms with Crippen LogP contribution in [0.5, 0.6) is 5.75 Å². The molecule has 2 atom stereocenters. The molecule has 0 amide bonds. The van der Waals surface area contributed by atoms with Gasteiger partial charge in [0.15, 0.2) is 0 Å². The zero-order chi connectivity index (χ0) is 19.2. The van der Waals surface area contributed by atoms with Crippen molar-refractivity contribution in [2.45, 2.75) is 31.6 Å². The largest absolute Gasteiger partial charge is 0.485 e. The normalized spacial score (nSPS) is 20.4. The third kappa shape index (κ3) is 2.90. The fourth-order valence-corrected chi connectivity index (χ4v) is 3.34. The Morgan fingerprint density at radius 1 is 1.30 bits per heavy atom. The summed E-state index contributed by atoms with van der Waals surface area (Å²) in [5.41, 5.74) is 0.508. The first-order valence-corrected chi connectivity index (χ1v) is 8.56. The van der Waals surface area contributed by atoms with Crippen LogP contribution < -0.4 is 15.6 Å². The number of nitrogens with zero attached hydrogens (tertiary/aromatic N) is 2. The summed E-state index contributed by atoms with van der Waals surface area (Å²) in [6.07, 6.45) is -0.935. The molecular formula is C20H18N4O3. The summed E-state index contributed by atoms with van der Waals surface area (Å²) in [7, 11) is 0. The Labute approximate surface area is 155 Å². The SMILES string of the molecule is CC1(C)Oc2ccc(C#N)cc2C(Nc2nc(=O)c3ccccc3[nH]2)C1O. The predicted octanol–water partition coefficient (Wildman–Crippen LogP) is 2.48. The summed E-state index contributed by atoms with van der Waals surface area (Å²) in [6.45, 7) is 3.56. The Kier molecular flexibility index (Phi) is 3.86. The van der Waals surface area contributed by atoms with Crippen molar-refractivity contribution in [3.63, 3.8) is 0 Å². The second-order valence-electron chi connectivity index (χ2n) is 7.07. The summed E-state index contributed by atoms with van der Waals surface area (Å²) < 4.78 is 5.90. The van der Waals surface area contributed by atoms with E-state index in [1.165, 1.54) is 0 Å². The molecular weight excluding hydrogens is 344 g/mol. The molecule has 0 saturated carbocycles. The monoisotopic (exact) mass is 362 g/mol. The number of nitrogens with one attached hydrogen (secondary N) is 2. The van der Waals surface area contributed by atoms with Crippen molar-refractivity contribution < 1.29 is 9.84 Å². The number of fused-ring (bicyclic) bond motifs is 2. The number of hydrogen-bond acceptors (Lipinski definition) is 6. The Morgan fingerprint density at radius 3 is 2.85 bits per heavy atom. The smallest absolute Gasteiger partial charge is 0.282 e. The van der Waals surface area contributed by atoms with Gasteiger partial charge in [-0.1, -0.05) is 12.1 Å². The molecule has 3 N–H and O–H groups in total. The highest BCUT2D eigenvalue weighted by atomic mass is 16.5. The van der Waals surface area contributed by atoms with E-state index in [1.54, 1.807) is 50.2 Å². The number of H-pyrrole nitrogens is 1. The number of aliphatic hydroxyl groups excluding tert-OH is 1. The molecule has 0 saturated heterocycles. The number of aliphatic hydroxyl groups is 1. The number of anilines is 1. The van der Waals surface area contributed by atoms with E-state index in [2.05, 4.69) is 21.4 Å². The highest BCUT2D eigenvalue weighted by Gasteiger charge is 2.43. The van der Waals surface area contributed by atoms with Crippen molar-refractivity contribution >= 4 is 16.9 Å². The fraction of sp³-hybridized carbons (Fsp3) is 0.250. The van der Waals surface area contributed by atoms with Crippen LogP contribution in [0.3, 0.4) is 0 Å². The highest BCUT2D eigenvalue weighted by Crippen LogP contribution is 2.41. The van der Waals surface area contributed by atoms with Crippen molar-refractivity contribution in [2.24, 2.45) is 0 Å². The molecule has 2 unspecified atom stereocenters. The average molecular weight is 362 g/mol. The van der Waals surface area contributed by atoms with Gasteiger partial charge >= 0.3 is 0 Å². The van der Waals surface area contributed by atoms with Crippen LogP contribution in [-0.2, 0) is 0 Å². The number of ether oxygens (including phenoxy) is 1. The third-order valence-electron chi connectivity index (χ3n) is 4.79. The Balaban J connectivity index is 1.81. The van der Waals surface area contributed by atoms with Crippen LogP contribution >= 0.6 is 0 Å². The zero-order valence-corrected chi connectivity index (χ0v) is 14.9. The first-order valence-electron chi connectivity index (χ1n) is 8.56. The van der Waals surface area contributed by atoms with E-state index in [-0.39, 0.29) is 11.5 Å². The van der Waals surface area contributed by atoms with Gasteiger partial charge < -0.3 is 20.1 Å². The molecule has 7 nitrogen and oxygen atoms in total.